The van der Waals surface area contributed by atoms with Crippen LogP contribution in [0.4, 0.5) is 0 Å². The van der Waals surface area contributed by atoms with Crippen molar-refractivity contribution in [3.05, 3.63) is 94.8 Å². The molecule has 0 amide bonds. The lowest BCUT2D eigenvalue weighted by Gasteiger charge is -2.20. The third-order valence-electron chi connectivity index (χ3n) is 4.74. The van der Waals surface area contributed by atoms with Gasteiger partial charge in [-0.25, -0.2) is 4.79 Å². The highest BCUT2D eigenvalue weighted by Crippen LogP contribution is 2.32. The van der Waals surface area contributed by atoms with E-state index < -0.39 is 24.1 Å². The Morgan fingerprint density at radius 1 is 0.935 bits per heavy atom. The number of nitrogens with two attached hydrogens (primary N) is 1. The fraction of sp³-hybridized carbons (Fsp3) is 0.174. The van der Waals surface area contributed by atoms with E-state index in [2.05, 4.69) is 4.98 Å². The minimum absolute atomic E-state index is 0.164. The molecule has 0 saturated heterocycles. The second-order valence-corrected chi connectivity index (χ2v) is 7.37. The van der Waals surface area contributed by atoms with Crippen LogP contribution in [0.25, 0.3) is 0 Å². The summed E-state index contributed by atoms with van der Waals surface area (Å²) in [6.45, 7) is 0. The summed E-state index contributed by atoms with van der Waals surface area (Å²) in [5.74, 6) is -2.44. The summed E-state index contributed by atoms with van der Waals surface area (Å²) in [7, 11) is 0. The van der Waals surface area contributed by atoms with Crippen molar-refractivity contribution in [3.63, 3.8) is 0 Å². The molecule has 1 aromatic heterocycles. The largest absolute Gasteiger partial charge is 0.480 e. The fourth-order valence-electron chi connectivity index (χ4n) is 3.17. The van der Waals surface area contributed by atoms with Gasteiger partial charge in [-0.2, -0.15) is 0 Å². The molecule has 3 atom stereocenters. The lowest BCUT2D eigenvalue weighted by Crippen LogP contribution is -2.39. The number of hydrogen-bond acceptors (Lipinski definition) is 5. The van der Waals surface area contributed by atoms with Gasteiger partial charge >= 0.3 is 11.9 Å². The molecule has 3 aromatic rings. The van der Waals surface area contributed by atoms with Crippen molar-refractivity contribution in [2.75, 3.05) is 0 Å². The van der Waals surface area contributed by atoms with Crippen molar-refractivity contribution >= 4 is 23.5 Å². The van der Waals surface area contributed by atoms with Crippen LogP contribution in [0.5, 0.6) is 5.75 Å². The second-order valence-electron chi connectivity index (χ2n) is 6.93. The summed E-state index contributed by atoms with van der Waals surface area (Å²) >= 11 is 6.03. The summed E-state index contributed by atoms with van der Waals surface area (Å²) in [6.07, 6.45) is -0.00749. The molecular formula is C23H21ClN2O5. The summed E-state index contributed by atoms with van der Waals surface area (Å²) in [6, 6.07) is 18.8. The average molecular weight is 441 g/mol. The number of carboxylic acid groups (broad SMARTS) is 2. The molecule has 1 heterocycles. The van der Waals surface area contributed by atoms with E-state index >= 15 is 0 Å². The Hall–Kier alpha value is -3.42. The van der Waals surface area contributed by atoms with Gasteiger partial charge in [0.1, 0.15) is 11.8 Å². The summed E-state index contributed by atoms with van der Waals surface area (Å²) in [4.78, 5) is 26.9. The maximum absolute atomic E-state index is 11.4. The number of carbonyl (C=O) groups is 2. The lowest BCUT2D eigenvalue weighted by molar-refractivity contribution is -0.146. The highest BCUT2D eigenvalue weighted by molar-refractivity contribution is 6.30. The molecule has 2 aromatic carbocycles. The smallest absolute Gasteiger partial charge is 0.344 e. The number of benzene rings is 2. The molecule has 160 valence electrons. The number of rotatable bonds is 9. The van der Waals surface area contributed by atoms with Crippen molar-refractivity contribution in [2.24, 2.45) is 5.73 Å². The molecule has 0 radical (unpaired) electrons. The molecule has 0 saturated carbocycles. The molecule has 0 aliphatic rings. The van der Waals surface area contributed by atoms with Crippen molar-refractivity contribution in [1.82, 2.24) is 4.98 Å². The zero-order valence-corrected chi connectivity index (χ0v) is 17.1. The molecule has 4 N–H and O–H groups in total. The third kappa shape index (κ3) is 5.81. The first kappa shape index (κ1) is 22.3. The number of aliphatic carboxylic acids is 2. The molecule has 8 heteroatoms. The predicted octanol–water partition coefficient (Wildman–Crippen LogP) is 3.55. The monoisotopic (exact) mass is 440 g/mol. The van der Waals surface area contributed by atoms with Gasteiger partial charge in [-0.3, -0.25) is 9.78 Å². The molecule has 7 nitrogen and oxygen atoms in total. The summed E-state index contributed by atoms with van der Waals surface area (Å²) in [5, 5.41) is 18.9. The summed E-state index contributed by atoms with van der Waals surface area (Å²) < 4.78 is 5.48. The van der Waals surface area contributed by atoms with Crippen LogP contribution in [0.15, 0.2) is 72.9 Å². The number of halogens is 1. The Morgan fingerprint density at radius 2 is 1.55 bits per heavy atom. The van der Waals surface area contributed by atoms with E-state index in [-0.39, 0.29) is 12.3 Å². The van der Waals surface area contributed by atoms with Crippen LogP contribution in [-0.4, -0.2) is 39.3 Å². The number of aromatic nitrogens is 1. The predicted molar refractivity (Wildman–Crippen MR) is 115 cm³/mol. The van der Waals surface area contributed by atoms with Gasteiger partial charge in [0.2, 0.25) is 0 Å². The van der Waals surface area contributed by atoms with E-state index in [9.17, 15) is 14.7 Å². The lowest BCUT2D eigenvalue weighted by atomic mass is 9.88. The number of hydrogen-bond donors (Lipinski definition) is 3. The minimum Gasteiger partial charge on any atom is -0.480 e. The molecule has 0 aliphatic heterocycles. The standard InChI is InChI=1S/C23H21ClN2O5/c24-16-8-4-14(5-9-16)21(19-3-1-2-12-26-19)15-6-10-17(11-7-15)31-20(23(29)30)13-18(25)22(27)28/h1-12,18,20-21H,13,25H2,(H,27,28)(H,29,30)/t18-,20?,21?/m0/s1. The Balaban J connectivity index is 1.86. The second kappa shape index (κ2) is 10.1. The third-order valence-corrected chi connectivity index (χ3v) is 4.99. The molecule has 3 rings (SSSR count). The number of pyridine rings is 1. The van der Waals surface area contributed by atoms with Crippen molar-refractivity contribution in [1.29, 1.82) is 0 Å². The van der Waals surface area contributed by atoms with Gasteiger partial charge in [-0.1, -0.05) is 41.9 Å². The van der Waals surface area contributed by atoms with E-state index in [1.54, 1.807) is 18.3 Å². The van der Waals surface area contributed by atoms with Crippen LogP contribution < -0.4 is 10.5 Å². The van der Waals surface area contributed by atoms with Crippen molar-refractivity contribution in [3.8, 4) is 5.75 Å². The maximum Gasteiger partial charge on any atom is 0.344 e. The maximum atomic E-state index is 11.4. The van der Waals surface area contributed by atoms with Crippen molar-refractivity contribution in [2.45, 2.75) is 24.5 Å². The van der Waals surface area contributed by atoms with Gasteiger partial charge in [0.15, 0.2) is 6.10 Å². The Bertz CT molecular complexity index is 1030. The zero-order chi connectivity index (χ0) is 22.4. The first-order valence-electron chi connectivity index (χ1n) is 9.49. The van der Waals surface area contributed by atoms with Crippen molar-refractivity contribution < 1.29 is 24.5 Å². The van der Waals surface area contributed by atoms with E-state index in [0.717, 1.165) is 16.8 Å². The minimum atomic E-state index is -1.38. The van der Waals surface area contributed by atoms with Gasteiger partial charge in [0.25, 0.3) is 0 Å². The van der Waals surface area contributed by atoms with Gasteiger partial charge in [-0.05, 0) is 47.5 Å². The number of carboxylic acids is 2. The first-order chi connectivity index (χ1) is 14.8. The van der Waals surface area contributed by atoms with Gasteiger partial charge in [0.05, 0.1) is 11.6 Å². The number of ether oxygens (including phenoxy) is 1. The normalized spacial score (nSPS) is 13.7. The fourth-order valence-corrected chi connectivity index (χ4v) is 3.30. The van der Waals surface area contributed by atoms with Gasteiger partial charge in [-0.15, -0.1) is 0 Å². The van der Waals surface area contributed by atoms with Crippen LogP contribution >= 0.6 is 11.6 Å². The van der Waals surface area contributed by atoms with E-state index in [1.807, 2.05) is 54.6 Å². The quantitative estimate of drug-likeness (QED) is 0.465. The Kier molecular flexibility index (Phi) is 7.23. The van der Waals surface area contributed by atoms with Crippen LogP contribution in [0, 0.1) is 0 Å². The summed E-state index contributed by atoms with van der Waals surface area (Å²) in [5.41, 5.74) is 8.21. The molecule has 0 fully saturated rings. The zero-order valence-electron chi connectivity index (χ0n) is 16.4. The van der Waals surface area contributed by atoms with Gasteiger partial charge in [0, 0.05) is 17.6 Å². The van der Waals surface area contributed by atoms with Gasteiger partial charge < -0.3 is 20.7 Å². The van der Waals surface area contributed by atoms with Crippen LogP contribution in [-0.2, 0) is 9.59 Å². The average Bonchev–Trinajstić information content (AvgIpc) is 2.76. The molecular weight excluding hydrogens is 420 g/mol. The molecule has 0 bridgehead atoms. The van der Waals surface area contributed by atoms with Crippen LogP contribution in [0.2, 0.25) is 5.02 Å². The molecule has 31 heavy (non-hydrogen) atoms. The Labute approximate surface area is 184 Å². The SMILES string of the molecule is N[C@@H](CC(Oc1ccc(C(c2ccc(Cl)cc2)c2ccccn2)cc1)C(=O)O)C(=O)O. The molecule has 0 spiro atoms. The van der Waals surface area contributed by atoms with E-state index in [4.69, 9.17) is 27.2 Å². The molecule has 2 unspecified atom stereocenters. The highest BCUT2D eigenvalue weighted by atomic mass is 35.5. The highest BCUT2D eigenvalue weighted by Gasteiger charge is 2.26. The van der Waals surface area contributed by atoms with Crippen LogP contribution in [0.1, 0.15) is 29.2 Å². The number of nitrogens with zero attached hydrogens (tertiary/aromatic N) is 1. The Morgan fingerprint density at radius 3 is 2.06 bits per heavy atom. The molecule has 0 aliphatic carbocycles. The first-order valence-corrected chi connectivity index (χ1v) is 9.87. The topological polar surface area (TPSA) is 123 Å². The van der Waals surface area contributed by atoms with E-state index in [1.165, 1.54) is 0 Å². The van der Waals surface area contributed by atoms with Crippen LogP contribution in [0.3, 0.4) is 0 Å². The van der Waals surface area contributed by atoms with E-state index in [0.29, 0.717) is 10.8 Å².